The van der Waals surface area contributed by atoms with Gasteiger partial charge in [-0.15, -0.1) is 11.3 Å². The van der Waals surface area contributed by atoms with Gasteiger partial charge in [0.1, 0.15) is 5.82 Å². The van der Waals surface area contributed by atoms with Gasteiger partial charge in [-0.1, -0.05) is 0 Å². The Morgan fingerprint density at radius 1 is 1.44 bits per heavy atom. The van der Waals surface area contributed by atoms with E-state index in [1.165, 1.54) is 0 Å². The molecule has 0 saturated heterocycles. The standard InChI is InChI=1S/C11H14N4S/c1-8-4-13-11(3-10(8)12)15(2)5-9-6-16-7-14-9/h3-4,6-7H,5H2,1-2H3,(H2,12,13). The zero-order valence-corrected chi connectivity index (χ0v) is 10.2. The Bertz CT molecular complexity index is 467. The van der Waals surface area contributed by atoms with Crippen LogP contribution in [0.5, 0.6) is 0 Å². The van der Waals surface area contributed by atoms with E-state index in [0.29, 0.717) is 0 Å². The Morgan fingerprint density at radius 2 is 2.25 bits per heavy atom. The Labute approximate surface area is 98.8 Å². The SMILES string of the molecule is Cc1cnc(N(C)Cc2cscn2)cc1N. The summed E-state index contributed by atoms with van der Waals surface area (Å²) in [5, 5.41) is 2.04. The van der Waals surface area contributed by atoms with Crippen molar-refractivity contribution in [1.82, 2.24) is 9.97 Å². The molecule has 0 bridgehead atoms. The third kappa shape index (κ3) is 2.30. The number of nitrogen functional groups attached to an aromatic ring is 1. The Hall–Kier alpha value is -1.62. The van der Waals surface area contributed by atoms with Gasteiger partial charge in [0.2, 0.25) is 0 Å². The van der Waals surface area contributed by atoms with Crippen molar-refractivity contribution in [3.8, 4) is 0 Å². The summed E-state index contributed by atoms with van der Waals surface area (Å²) in [6, 6.07) is 1.89. The number of rotatable bonds is 3. The van der Waals surface area contributed by atoms with Crippen molar-refractivity contribution in [3.05, 3.63) is 34.4 Å². The van der Waals surface area contributed by atoms with Gasteiger partial charge in [0, 0.05) is 30.4 Å². The molecular weight excluding hydrogens is 220 g/mol. The minimum atomic E-state index is 0.749. The fraction of sp³-hybridized carbons (Fsp3) is 0.273. The maximum Gasteiger partial charge on any atom is 0.130 e. The molecule has 0 saturated carbocycles. The van der Waals surface area contributed by atoms with Crippen LogP contribution in [-0.2, 0) is 6.54 Å². The molecule has 2 rings (SSSR count). The normalized spacial score (nSPS) is 10.4. The summed E-state index contributed by atoms with van der Waals surface area (Å²) in [6.07, 6.45) is 1.79. The quantitative estimate of drug-likeness (QED) is 0.883. The fourth-order valence-electron chi connectivity index (χ4n) is 1.38. The van der Waals surface area contributed by atoms with Crippen LogP contribution in [0.1, 0.15) is 11.3 Å². The van der Waals surface area contributed by atoms with Crippen LogP contribution in [-0.4, -0.2) is 17.0 Å². The van der Waals surface area contributed by atoms with Gasteiger partial charge in [0.05, 0.1) is 17.7 Å². The van der Waals surface area contributed by atoms with E-state index in [-0.39, 0.29) is 0 Å². The highest BCUT2D eigenvalue weighted by molar-refractivity contribution is 7.07. The van der Waals surface area contributed by atoms with Crippen molar-refractivity contribution < 1.29 is 0 Å². The lowest BCUT2D eigenvalue weighted by Gasteiger charge is -2.17. The van der Waals surface area contributed by atoms with E-state index < -0.39 is 0 Å². The van der Waals surface area contributed by atoms with Gasteiger partial charge in [-0.05, 0) is 12.5 Å². The van der Waals surface area contributed by atoms with Crippen LogP contribution < -0.4 is 10.6 Å². The zero-order chi connectivity index (χ0) is 11.5. The second-order valence-corrected chi connectivity index (χ2v) is 4.45. The van der Waals surface area contributed by atoms with Crippen LogP contribution >= 0.6 is 11.3 Å². The monoisotopic (exact) mass is 234 g/mol. The predicted octanol–water partition coefficient (Wildman–Crippen LogP) is 2.07. The molecule has 0 fully saturated rings. The largest absolute Gasteiger partial charge is 0.398 e. The van der Waals surface area contributed by atoms with Crippen molar-refractivity contribution in [2.75, 3.05) is 17.7 Å². The van der Waals surface area contributed by atoms with Gasteiger partial charge in [-0.2, -0.15) is 0 Å². The molecule has 0 aliphatic rings. The van der Waals surface area contributed by atoms with Gasteiger partial charge in [-0.25, -0.2) is 9.97 Å². The van der Waals surface area contributed by atoms with Crippen LogP contribution in [0.15, 0.2) is 23.2 Å². The van der Waals surface area contributed by atoms with Crippen LogP contribution in [0.3, 0.4) is 0 Å². The van der Waals surface area contributed by atoms with E-state index in [2.05, 4.69) is 9.97 Å². The van der Waals surface area contributed by atoms with Crippen molar-refractivity contribution in [1.29, 1.82) is 0 Å². The first-order chi connectivity index (χ1) is 7.66. The predicted molar refractivity (Wildman–Crippen MR) is 67.6 cm³/mol. The summed E-state index contributed by atoms with van der Waals surface area (Å²) < 4.78 is 0. The number of hydrogen-bond donors (Lipinski definition) is 1. The van der Waals surface area contributed by atoms with Gasteiger partial charge in [0.25, 0.3) is 0 Å². The Kier molecular flexibility index (Phi) is 3.05. The number of thiazole rings is 1. The van der Waals surface area contributed by atoms with E-state index in [4.69, 9.17) is 5.73 Å². The van der Waals surface area contributed by atoms with Crippen molar-refractivity contribution in [2.45, 2.75) is 13.5 Å². The number of aryl methyl sites for hydroxylation is 1. The number of nitrogens with two attached hydrogens (primary N) is 1. The summed E-state index contributed by atoms with van der Waals surface area (Å²) >= 11 is 1.60. The molecule has 0 aliphatic heterocycles. The first kappa shape index (κ1) is 10.9. The molecule has 0 aliphatic carbocycles. The van der Waals surface area contributed by atoms with Crippen molar-refractivity contribution in [2.24, 2.45) is 0 Å². The Balaban J connectivity index is 2.14. The average molecular weight is 234 g/mol. The molecule has 0 atom stereocenters. The first-order valence-electron chi connectivity index (χ1n) is 4.97. The maximum absolute atomic E-state index is 5.85. The van der Waals surface area contributed by atoms with E-state index in [1.807, 2.05) is 35.8 Å². The molecule has 5 heteroatoms. The molecule has 2 N–H and O–H groups in total. The summed E-state index contributed by atoms with van der Waals surface area (Å²) in [7, 11) is 1.98. The molecular formula is C11H14N4S. The lowest BCUT2D eigenvalue weighted by molar-refractivity contribution is 0.873. The first-order valence-corrected chi connectivity index (χ1v) is 5.91. The van der Waals surface area contributed by atoms with Gasteiger partial charge >= 0.3 is 0 Å². The van der Waals surface area contributed by atoms with Crippen LogP contribution in [0, 0.1) is 6.92 Å². The molecule has 4 nitrogen and oxygen atoms in total. The van der Waals surface area contributed by atoms with Gasteiger partial charge in [0.15, 0.2) is 0 Å². The number of pyridine rings is 1. The van der Waals surface area contributed by atoms with Crippen molar-refractivity contribution >= 4 is 22.8 Å². The highest BCUT2D eigenvalue weighted by Crippen LogP contribution is 2.18. The molecule has 0 radical (unpaired) electrons. The second-order valence-electron chi connectivity index (χ2n) is 3.73. The van der Waals surface area contributed by atoms with E-state index >= 15 is 0 Å². The van der Waals surface area contributed by atoms with E-state index in [0.717, 1.165) is 29.3 Å². The summed E-state index contributed by atoms with van der Waals surface area (Å²) in [5.74, 6) is 0.871. The summed E-state index contributed by atoms with van der Waals surface area (Å²) in [6.45, 7) is 2.70. The number of hydrogen-bond acceptors (Lipinski definition) is 5. The molecule has 0 unspecified atom stereocenters. The fourth-order valence-corrected chi connectivity index (χ4v) is 1.93. The van der Waals surface area contributed by atoms with Crippen LogP contribution in [0.25, 0.3) is 0 Å². The molecule has 84 valence electrons. The summed E-state index contributed by atoms with van der Waals surface area (Å²) in [5.41, 5.74) is 10.5. The maximum atomic E-state index is 5.85. The van der Waals surface area contributed by atoms with E-state index in [9.17, 15) is 0 Å². The molecule has 16 heavy (non-hydrogen) atoms. The van der Waals surface area contributed by atoms with E-state index in [1.54, 1.807) is 17.5 Å². The average Bonchev–Trinajstić information content (AvgIpc) is 2.74. The molecule has 0 aromatic carbocycles. The number of anilines is 2. The minimum Gasteiger partial charge on any atom is -0.398 e. The van der Waals surface area contributed by atoms with Crippen LogP contribution in [0.4, 0.5) is 11.5 Å². The van der Waals surface area contributed by atoms with Crippen molar-refractivity contribution in [3.63, 3.8) is 0 Å². The molecule has 2 aromatic heterocycles. The third-order valence-corrected chi connectivity index (χ3v) is 3.04. The van der Waals surface area contributed by atoms with Crippen LogP contribution in [0.2, 0.25) is 0 Å². The van der Waals surface area contributed by atoms with Gasteiger partial charge < -0.3 is 10.6 Å². The molecule has 2 heterocycles. The number of nitrogens with zero attached hydrogens (tertiary/aromatic N) is 3. The minimum absolute atomic E-state index is 0.749. The zero-order valence-electron chi connectivity index (χ0n) is 9.34. The Morgan fingerprint density at radius 3 is 2.88 bits per heavy atom. The second kappa shape index (κ2) is 4.49. The third-order valence-electron chi connectivity index (χ3n) is 2.40. The smallest absolute Gasteiger partial charge is 0.130 e. The lowest BCUT2D eigenvalue weighted by Crippen LogP contribution is -2.18. The number of aromatic nitrogens is 2. The molecule has 2 aromatic rings. The highest BCUT2D eigenvalue weighted by Gasteiger charge is 2.06. The van der Waals surface area contributed by atoms with Gasteiger partial charge in [-0.3, -0.25) is 0 Å². The summed E-state index contributed by atoms with van der Waals surface area (Å²) in [4.78, 5) is 10.6. The highest BCUT2D eigenvalue weighted by atomic mass is 32.1. The molecule has 0 spiro atoms. The molecule has 0 amide bonds. The topological polar surface area (TPSA) is 55.0 Å². The lowest BCUT2D eigenvalue weighted by atomic mass is 10.2.